The monoisotopic (exact) mass is 216 g/mol. The number of rotatable bonds is 4. The average Bonchev–Trinajstić information content (AvgIpc) is 2.84. The second-order valence-electron chi connectivity index (χ2n) is 3.14. The summed E-state index contributed by atoms with van der Waals surface area (Å²) in [6, 6.07) is 13.0. The van der Waals surface area contributed by atoms with Crippen LogP contribution < -0.4 is 5.01 Å². The highest BCUT2D eigenvalue weighted by Crippen LogP contribution is 2.12. The van der Waals surface area contributed by atoms with Crippen molar-refractivity contribution in [2.45, 2.75) is 0 Å². The van der Waals surface area contributed by atoms with Crippen LogP contribution in [0.3, 0.4) is 0 Å². The lowest BCUT2D eigenvalue weighted by molar-refractivity contribution is 0.293. The summed E-state index contributed by atoms with van der Waals surface area (Å²) in [5, 5.41) is 14.8. The zero-order valence-electron chi connectivity index (χ0n) is 8.65. The van der Waals surface area contributed by atoms with Crippen LogP contribution >= 0.6 is 0 Å². The van der Waals surface area contributed by atoms with E-state index in [0.717, 1.165) is 5.69 Å². The minimum Gasteiger partial charge on any atom is -0.463 e. The lowest BCUT2D eigenvalue weighted by atomic mass is 10.3. The maximum Gasteiger partial charge on any atom is 0.146 e. The van der Waals surface area contributed by atoms with Crippen molar-refractivity contribution in [2.24, 2.45) is 5.10 Å². The molecule has 0 aliphatic heterocycles. The summed E-state index contributed by atoms with van der Waals surface area (Å²) in [7, 11) is 0. The van der Waals surface area contributed by atoms with Crippen LogP contribution in [0.15, 0.2) is 58.2 Å². The van der Waals surface area contributed by atoms with Gasteiger partial charge in [0, 0.05) is 0 Å². The quantitative estimate of drug-likeness (QED) is 0.483. The highest BCUT2D eigenvalue weighted by molar-refractivity contribution is 5.76. The van der Waals surface area contributed by atoms with E-state index in [1.807, 2.05) is 30.3 Å². The van der Waals surface area contributed by atoms with Gasteiger partial charge in [-0.05, 0) is 24.3 Å². The third kappa shape index (κ3) is 2.49. The molecule has 16 heavy (non-hydrogen) atoms. The van der Waals surface area contributed by atoms with E-state index >= 15 is 0 Å². The molecule has 1 heterocycles. The van der Waals surface area contributed by atoms with Gasteiger partial charge in [-0.2, -0.15) is 5.10 Å². The van der Waals surface area contributed by atoms with Crippen molar-refractivity contribution in [1.82, 2.24) is 0 Å². The molecule has 1 aromatic heterocycles. The number of anilines is 1. The highest BCUT2D eigenvalue weighted by Gasteiger charge is 2.00. The van der Waals surface area contributed by atoms with E-state index in [1.54, 1.807) is 24.6 Å². The molecule has 4 heteroatoms. The SMILES string of the molecule is OCN(/N=C\c1ccco1)c1ccccc1. The van der Waals surface area contributed by atoms with Gasteiger partial charge in [-0.3, -0.25) is 0 Å². The van der Waals surface area contributed by atoms with Crippen LogP contribution in [-0.2, 0) is 0 Å². The minimum absolute atomic E-state index is 0.179. The number of para-hydroxylation sites is 1. The predicted octanol–water partition coefficient (Wildman–Crippen LogP) is 2.07. The third-order valence-corrected chi connectivity index (χ3v) is 2.06. The number of hydrogen-bond acceptors (Lipinski definition) is 4. The number of aliphatic hydroxyl groups is 1. The zero-order chi connectivity index (χ0) is 11.2. The van der Waals surface area contributed by atoms with Gasteiger partial charge >= 0.3 is 0 Å². The summed E-state index contributed by atoms with van der Waals surface area (Å²) in [5.74, 6) is 0.648. The fourth-order valence-corrected chi connectivity index (χ4v) is 1.28. The van der Waals surface area contributed by atoms with Gasteiger partial charge < -0.3 is 9.52 Å². The van der Waals surface area contributed by atoms with E-state index in [1.165, 1.54) is 5.01 Å². The fourth-order valence-electron chi connectivity index (χ4n) is 1.28. The van der Waals surface area contributed by atoms with E-state index < -0.39 is 0 Å². The number of benzene rings is 1. The molecule has 2 aromatic rings. The summed E-state index contributed by atoms with van der Waals surface area (Å²) >= 11 is 0. The molecule has 0 aliphatic rings. The van der Waals surface area contributed by atoms with Crippen LogP contribution in [0, 0.1) is 0 Å². The van der Waals surface area contributed by atoms with Crippen LogP contribution in [0.5, 0.6) is 0 Å². The molecule has 0 spiro atoms. The molecule has 0 unspecified atom stereocenters. The summed E-state index contributed by atoms with van der Waals surface area (Å²) in [4.78, 5) is 0. The highest BCUT2D eigenvalue weighted by atomic mass is 16.3. The molecule has 1 aromatic carbocycles. The first-order chi connectivity index (χ1) is 7.90. The van der Waals surface area contributed by atoms with Crippen LogP contribution in [-0.4, -0.2) is 18.1 Å². The second kappa shape index (κ2) is 5.14. The van der Waals surface area contributed by atoms with E-state index in [9.17, 15) is 5.11 Å². The third-order valence-electron chi connectivity index (χ3n) is 2.06. The van der Waals surface area contributed by atoms with Crippen molar-refractivity contribution in [3.8, 4) is 0 Å². The fraction of sp³-hybridized carbons (Fsp3) is 0.0833. The van der Waals surface area contributed by atoms with Crippen molar-refractivity contribution in [3.05, 3.63) is 54.5 Å². The Morgan fingerprint density at radius 1 is 1.19 bits per heavy atom. The number of nitrogens with zero attached hydrogens (tertiary/aromatic N) is 2. The van der Waals surface area contributed by atoms with Crippen molar-refractivity contribution in [3.63, 3.8) is 0 Å². The van der Waals surface area contributed by atoms with Crippen LogP contribution in [0.1, 0.15) is 5.76 Å². The van der Waals surface area contributed by atoms with E-state index in [-0.39, 0.29) is 6.73 Å². The predicted molar refractivity (Wildman–Crippen MR) is 62.3 cm³/mol. The van der Waals surface area contributed by atoms with Crippen molar-refractivity contribution >= 4 is 11.9 Å². The molecule has 2 rings (SSSR count). The first-order valence-corrected chi connectivity index (χ1v) is 4.91. The minimum atomic E-state index is -0.179. The Balaban J connectivity index is 2.12. The standard InChI is InChI=1S/C12H12N2O2/c15-10-14(11-5-2-1-3-6-11)13-9-12-7-4-8-16-12/h1-9,15H,10H2/b13-9-. The maximum atomic E-state index is 9.19. The maximum absolute atomic E-state index is 9.19. The lowest BCUT2D eigenvalue weighted by Gasteiger charge is -2.14. The number of furan rings is 1. The molecule has 1 N–H and O–H groups in total. The largest absolute Gasteiger partial charge is 0.463 e. The van der Waals surface area contributed by atoms with E-state index in [4.69, 9.17) is 4.42 Å². The molecular weight excluding hydrogens is 204 g/mol. The van der Waals surface area contributed by atoms with Gasteiger partial charge in [-0.1, -0.05) is 18.2 Å². The summed E-state index contributed by atoms with van der Waals surface area (Å²) in [6.07, 6.45) is 3.14. The molecule has 0 fully saturated rings. The molecule has 0 bridgehead atoms. The number of hydrazone groups is 1. The molecule has 0 saturated carbocycles. The van der Waals surface area contributed by atoms with Gasteiger partial charge in [0.2, 0.25) is 0 Å². The second-order valence-corrected chi connectivity index (χ2v) is 3.14. The molecule has 0 radical (unpaired) electrons. The van der Waals surface area contributed by atoms with Crippen molar-refractivity contribution in [2.75, 3.05) is 11.7 Å². The molecule has 0 saturated heterocycles. The summed E-state index contributed by atoms with van der Waals surface area (Å²) in [6.45, 7) is -0.179. The van der Waals surface area contributed by atoms with Gasteiger partial charge in [0.1, 0.15) is 12.5 Å². The summed E-state index contributed by atoms with van der Waals surface area (Å²) in [5.41, 5.74) is 0.827. The smallest absolute Gasteiger partial charge is 0.146 e. The van der Waals surface area contributed by atoms with Gasteiger partial charge in [-0.25, -0.2) is 5.01 Å². The first-order valence-electron chi connectivity index (χ1n) is 4.91. The van der Waals surface area contributed by atoms with Crippen molar-refractivity contribution < 1.29 is 9.52 Å². The Kier molecular flexibility index (Phi) is 3.35. The van der Waals surface area contributed by atoms with Crippen molar-refractivity contribution in [1.29, 1.82) is 0 Å². The Bertz CT molecular complexity index is 437. The molecule has 0 atom stereocenters. The molecule has 4 nitrogen and oxygen atoms in total. The van der Waals surface area contributed by atoms with E-state index in [2.05, 4.69) is 5.10 Å². The molecule has 0 amide bonds. The van der Waals surface area contributed by atoms with Gasteiger partial charge in [0.25, 0.3) is 0 Å². The molecule has 0 aliphatic carbocycles. The van der Waals surface area contributed by atoms with Gasteiger partial charge in [0.15, 0.2) is 0 Å². The first kappa shape index (κ1) is 10.4. The zero-order valence-corrected chi connectivity index (χ0v) is 8.65. The van der Waals surface area contributed by atoms with Gasteiger partial charge in [-0.15, -0.1) is 0 Å². The number of aliphatic hydroxyl groups excluding tert-OH is 1. The Morgan fingerprint density at radius 3 is 2.62 bits per heavy atom. The molecular formula is C12H12N2O2. The normalized spacial score (nSPS) is 10.8. The average molecular weight is 216 g/mol. The summed E-state index contributed by atoms with van der Waals surface area (Å²) < 4.78 is 5.11. The Labute approximate surface area is 93.4 Å². The van der Waals surface area contributed by atoms with Crippen LogP contribution in [0.25, 0.3) is 0 Å². The Morgan fingerprint density at radius 2 is 2.00 bits per heavy atom. The van der Waals surface area contributed by atoms with Crippen LogP contribution in [0.2, 0.25) is 0 Å². The lowest BCUT2D eigenvalue weighted by Crippen LogP contribution is -2.17. The topological polar surface area (TPSA) is 49.0 Å². The van der Waals surface area contributed by atoms with Crippen LogP contribution in [0.4, 0.5) is 5.69 Å². The Hall–Kier alpha value is -2.07. The van der Waals surface area contributed by atoms with Gasteiger partial charge in [0.05, 0.1) is 18.2 Å². The molecule has 82 valence electrons. The number of hydrogen-bond donors (Lipinski definition) is 1. The van der Waals surface area contributed by atoms with E-state index in [0.29, 0.717) is 5.76 Å².